The highest BCUT2D eigenvalue weighted by molar-refractivity contribution is 7.80. The summed E-state index contributed by atoms with van der Waals surface area (Å²) >= 11 is 4.25. The minimum absolute atomic E-state index is 0.771. The second kappa shape index (κ2) is 2.71. The van der Waals surface area contributed by atoms with E-state index in [0.717, 1.165) is 16.1 Å². The molecule has 0 aliphatic heterocycles. The van der Waals surface area contributed by atoms with E-state index in [-0.39, 0.29) is 0 Å². The summed E-state index contributed by atoms with van der Waals surface area (Å²) in [5.74, 6) is 0. The molecule has 1 N–H and O–H groups in total. The zero-order valence-corrected chi connectivity index (χ0v) is 7.51. The van der Waals surface area contributed by atoms with Gasteiger partial charge in [0, 0.05) is 0 Å². The van der Waals surface area contributed by atoms with Crippen LogP contribution < -0.4 is 9.57 Å². The van der Waals surface area contributed by atoms with Crippen molar-refractivity contribution in [2.24, 2.45) is 0 Å². The zero-order chi connectivity index (χ0) is 8.55. The van der Waals surface area contributed by atoms with Gasteiger partial charge in [0.1, 0.15) is 7.11 Å². The van der Waals surface area contributed by atoms with E-state index in [0.29, 0.717) is 0 Å². The summed E-state index contributed by atoms with van der Waals surface area (Å²) in [6.07, 6.45) is 1.87. The van der Waals surface area contributed by atoms with Crippen LogP contribution in [0.4, 0.5) is 0 Å². The standard InChI is InChI=1S/C8H8N2OS/c1-11-10-7(12)3-2-6-4-5-9-8(6)10/h2-5H,1H3,(H,9,12)/p+1. The van der Waals surface area contributed by atoms with Gasteiger partial charge in [-0.25, -0.2) is 4.98 Å². The largest absolute Gasteiger partial charge is 0.338 e. The van der Waals surface area contributed by atoms with Gasteiger partial charge in [0.15, 0.2) is 0 Å². The Labute approximate surface area is 75.3 Å². The molecule has 2 aromatic rings. The van der Waals surface area contributed by atoms with Crippen LogP contribution in [0.15, 0.2) is 29.4 Å². The van der Waals surface area contributed by atoms with Gasteiger partial charge in [-0.15, -0.1) is 0 Å². The number of thiol groups is 1. The maximum absolute atomic E-state index is 5.13. The zero-order valence-electron chi connectivity index (χ0n) is 6.61. The van der Waals surface area contributed by atoms with E-state index in [4.69, 9.17) is 4.84 Å². The van der Waals surface area contributed by atoms with Gasteiger partial charge in [-0.05, 0) is 22.9 Å². The van der Waals surface area contributed by atoms with E-state index >= 15 is 0 Å². The first kappa shape index (κ1) is 7.49. The lowest BCUT2D eigenvalue weighted by Crippen LogP contribution is -2.43. The Hall–Kier alpha value is -1.16. The number of nitrogens with zero attached hydrogens (tertiary/aromatic N) is 1. The van der Waals surface area contributed by atoms with Crippen LogP contribution in [0.5, 0.6) is 0 Å². The molecule has 0 amide bonds. The van der Waals surface area contributed by atoms with Crippen molar-refractivity contribution in [2.45, 2.75) is 5.03 Å². The van der Waals surface area contributed by atoms with Crippen molar-refractivity contribution in [3.63, 3.8) is 0 Å². The van der Waals surface area contributed by atoms with Gasteiger partial charge in [-0.3, -0.25) is 0 Å². The first-order chi connectivity index (χ1) is 5.83. The van der Waals surface area contributed by atoms with Gasteiger partial charge in [0.2, 0.25) is 5.03 Å². The summed E-state index contributed by atoms with van der Waals surface area (Å²) in [7, 11) is 1.61. The SMILES string of the molecule is CO[n+]1c(S)ccc2cc[nH]c21. The van der Waals surface area contributed by atoms with E-state index in [1.54, 1.807) is 11.8 Å². The van der Waals surface area contributed by atoms with Crippen molar-refractivity contribution in [1.82, 2.24) is 4.98 Å². The molecule has 0 bridgehead atoms. The fraction of sp³-hybridized carbons (Fsp3) is 0.125. The Morgan fingerprint density at radius 1 is 1.42 bits per heavy atom. The Balaban J connectivity index is 2.83. The molecule has 2 aromatic heterocycles. The molecule has 0 aliphatic rings. The Morgan fingerprint density at radius 3 is 3.00 bits per heavy atom. The molecule has 2 rings (SSSR count). The highest BCUT2D eigenvalue weighted by Crippen LogP contribution is 2.09. The van der Waals surface area contributed by atoms with Crippen molar-refractivity contribution in [3.8, 4) is 0 Å². The first-order valence-electron chi connectivity index (χ1n) is 3.58. The van der Waals surface area contributed by atoms with Gasteiger partial charge < -0.3 is 4.84 Å². The minimum atomic E-state index is 0.771. The van der Waals surface area contributed by atoms with Gasteiger partial charge >= 0.3 is 5.65 Å². The van der Waals surface area contributed by atoms with Gasteiger partial charge in [0.25, 0.3) is 0 Å². The predicted molar refractivity (Wildman–Crippen MR) is 48.2 cm³/mol. The van der Waals surface area contributed by atoms with Crippen LogP contribution in [0.1, 0.15) is 0 Å². The second-order valence-corrected chi connectivity index (χ2v) is 2.91. The maximum atomic E-state index is 5.13. The number of nitrogens with one attached hydrogen (secondary N) is 1. The van der Waals surface area contributed by atoms with Crippen LogP contribution in [-0.4, -0.2) is 12.1 Å². The summed E-state index contributed by atoms with van der Waals surface area (Å²) in [4.78, 5) is 8.19. The number of H-pyrrole nitrogens is 1. The van der Waals surface area contributed by atoms with Gasteiger partial charge in [-0.2, -0.15) is 0 Å². The number of fused-ring (bicyclic) bond motifs is 1. The summed E-state index contributed by atoms with van der Waals surface area (Å²) in [6, 6.07) is 5.87. The number of pyridine rings is 1. The Kier molecular flexibility index (Phi) is 1.69. The Morgan fingerprint density at radius 2 is 2.25 bits per heavy atom. The number of rotatable bonds is 1. The van der Waals surface area contributed by atoms with E-state index in [1.807, 2.05) is 24.4 Å². The average molecular weight is 181 g/mol. The molecule has 0 atom stereocenters. The van der Waals surface area contributed by atoms with E-state index < -0.39 is 0 Å². The van der Waals surface area contributed by atoms with Crippen molar-refractivity contribution < 1.29 is 9.57 Å². The monoisotopic (exact) mass is 181 g/mol. The molecule has 0 saturated carbocycles. The number of hydrogen-bond donors (Lipinski definition) is 2. The lowest BCUT2D eigenvalue weighted by atomic mass is 10.3. The molecule has 0 fully saturated rings. The third kappa shape index (κ3) is 0.956. The summed E-state index contributed by atoms with van der Waals surface area (Å²) in [6.45, 7) is 0. The van der Waals surface area contributed by atoms with Gasteiger partial charge in [0.05, 0.1) is 11.6 Å². The predicted octanol–water partition coefficient (Wildman–Crippen LogP) is 0.802. The molecule has 0 aromatic carbocycles. The smallest absolute Gasteiger partial charge is 0.327 e. The molecule has 12 heavy (non-hydrogen) atoms. The van der Waals surface area contributed by atoms with Crippen LogP contribution in [0.2, 0.25) is 0 Å². The number of hydrogen-bond acceptors (Lipinski definition) is 2. The number of aromatic nitrogens is 2. The normalized spacial score (nSPS) is 10.5. The lowest BCUT2D eigenvalue weighted by molar-refractivity contribution is -0.894. The van der Waals surface area contributed by atoms with E-state index in [9.17, 15) is 0 Å². The summed E-state index contributed by atoms with van der Waals surface area (Å²) in [5.41, 5.74) is 0.921. The third-order valence-electron chi connectivity index (χ3n) is 1.76. The Bertz CT molecular complexity index is 410. The lowest BCUT2D eigenvalue weighted by Gasteiger charge is -1.99. The molecule has 3 nitrogen and oxygen atoms in total. The second-order valence-electron chi connectivity index (χ2n) is 2.45. The molecule has 0 radical (unpaired) electrons. The molecule has 4 heteroatoms. The fourth-order valence-electron chi connectivity index (χ4n) is 1.21. The minimum Gasteiger partial charge on any atom is -0.338 e. The fourth-order valence-corrected chi connectivity index (χ4v) is 1.47. The number of aromatic amines is 1. The molecule has 2 heterocycles. The van der Waals surface area contributed by atoms with E-state index in [2.05, 4.69) is 17.6 Å². The molecule has 0 unspecified atom stereocenters. The molecule has 0 saturated heterocycles. The van der Waals surface area contributed by atoms with Crippen molar-refractivity contribution in [3.05, 3.63) is 24.4 Å². The maximum Gasteiger partial charge on any atom is 0.327 e. The van der Waals surface area contributed by atoms with Crippen molar-refractivity contribution >= 4 is 23.7 Å². The van der Waals surface area contributed by atoms with Crippen LogP contribution in [0.3, 0.4) is 0 Å². The van der Waals surface area contributed by atoms with Gasteiger partial charge in [-0.1, -0.05) is 12.6 Å². The molecule has 0 aliphatic carbocycles. The first-order valence-corrected chi connectivity index (χ1v) is 4.03. The summed E-state index contributed by atoms with van der Waals surface area (Å²) < 4.78 is 1.64. The highest BCUT2D eigenvalue weighted by atomic mass is 32.1. The highest BCUT2D eigenvalue weighted by Gasteiger charge is 2.11. The van der Waals surface area contributed by atoms with Crippen molar-refractivity contribution in [2.75, 3.05) is 7.11 Å². The topological polar surface area (TPSA) is 28.9 Å². The average Bonchev–Trinajstić information content (AvgIpc) is 2.52. The van der Waals surface area contributed by atoms with Crippen LogP contribution in [0.25, 0.3) is 11.0 Å². The third-order valence-corrected chi connectivity index (χ3v) is 2.09. The quantitative estimate of drug-likeness (QED) is 0.494. The van der Waals surface area contributed by atoms with E-state index in [1.165, 1.54) is 0 Å². The van der Waals surface area contributed by atoms with Crippen LogP contribution >= 0.6 is 12.6 Å². The molecule has 62 valence electrons. The molecule has 0 spiro atoms. The van der Waals surface area contributed by atoms with Crippen LogP contribution in [0, 0.1) is 0 Å². The molecular weight excluding hydrogens is 172 g/mol. The molecular formula is C8H9N2OS+. The summed E-state index contributed by atoms with van der Waals surface area (Å²) in [5, 5.41) is 1.88. The van der Waals surface area contributed by atoms with Crippen molar-refractivity contribution in [1.29, 1.82) is 0 Å². The van der Waals surface area contributed by atoms with Crippen LogP contribution in [-0.2, 0) is 0 Å².